The summed E-state index contributed by atoms with van der Waals surface area (Å²) in [6.07, 6.45) is 6.97. The van der Waals surface area contributed by atoms with Crippen LogP contribution in [0.25, 0.3) is 11.5 Å². The average molecular weight is 274 g/mol. The summed E-state index contributed by atoms with van der Waals surface area (Å²) >= 11 is 0. The molecule has 0 spiro atoms. The molecule has 106 valence electrons. The van der Waals surface area contributed by atoms with Crippen LogP contribution >= 0.6 is 0 Å². The van der Waals surface area contributed by atoms with E-state index in [0.29, 0.717) is 17.5 Å². The molecule has 0 saturated heterocycles. The number of ether oxygens (including phenoxy) is 1. The Morgan fingerprint density at radius 1 is 1.30 bits per heavy atom. The maximum Gasteiger partial charge on any atom is 0.258 e. The molecule has 1 fully saturated rings. The fourth-order valence-corrected chi connectivity index (χ4v) is 2.75. The first-order valence-electron chi connectivity index (χ1n) is 6.85. The molecule has 3 rings (SSSR count). The molecule has 1 saturated carbocycles. The van der Waals surface area contributed by atoms with Crippen molar-refractivity contribution in [3.63, 3.8) is 0 Å². The number of pyridine rings is 1. The largest absolute Gasteiger partial charge is 0.384 e. The van der Waals surface area contributed by atoms with E-state index in [9.17, 15) is 0 Å². The Morgan fingerprint density at radius 3 is 2.80 bits per heavy atom. The molecule has 20 heavy (non-hydrogen) atoms. The fourth-order valence-electron chi connectivity index (χ4n) is 2.75. The minimum Gasteiger partial charge on any atom is -0.384 e. The summed E-state index contributed by atoms with van der Waals surface area (Å²) in [6, 6.07) is 3.52. The quantitative estimate of drug-likeness (QED) is 0.925. The van der Waals surface area contributed by atoms with E-state index in [1.807, 2.05) is 0 Å². The number of rotatable bonds is 3. The molecule has 1 aliphatic rings. The van der Waals surface area contributed by atoms with Crippen molar-refractivity contribution in [2.24, 2.45) is 0 Å². The van der Waals surface area contributed by atoms with Crippen molar-refractivity contribution in [3.8, 4) is 11.5 Å². The number of anilines is 1. The SMILES string of the molecule is COC1(c2noc(-c3ccnc(N)c3)n2)CCCCC1. The zero-order chi connectivity index (χ0) is 14.0. The van der Waals surface area contributed by atoms with Gasteiger partial charge < -0.3 is 15.0 Å². The second-order valence-corrected chi connectivity index (χ2v) is 5.15. The van der Waals surface area contributed by atoms with Crippen LogP contribution in [0.15, 0.2) is 22.9 Å². The van der Waals surface area contributed by atoms with Gasteiger partial charge in [0.15, 0.2) is 0 Å². The summed E-state index contributed by atoms with van der Waals surface area (Å²) in [4.78, 5) is 8.46. The van der Waals surface area contributed by atoms with Gasteiger partial charge in [-0.15, -0.1) is 0 Å². The molecule has 2 aromatic rings. The van der Waals surface area contributed by atoms with E-state index < -0.39 is 5.60 Å². The lowest BCUT2D eigenvalue weighted by Gasteiger charge is -2.32. The normalized spacial score (nSPS) is 18.1. The highest BCUT2D eigenvalue weighted by Crippen LogP contribution is 2.39. The van der Waals surface area contributed by atoms with E-state index in [-0.39, 0.29) is 0 Å². The van der Waals surface area contributed by atoms with Gasteiger partial charge in [0.25, 0.3) is 5.89 Å². The summed E-state index contributed by atoms with van der Waals surface area (Å²) in [7, 11) is 1.71. The van der Waals surface area contributed by atoms with E-state index in [1.165, 1.54) is 6.42 Å². The third-order valence-electron chi connectivity index (χ3n) is 3.91. The van der Waals surface area contributed by atoms with Crippen molar-refractivity contribution < 1.29 is 9.26 Å². The van der Waals surface area contributed by atoms with Crippen LogP contribution in [0.1, 0.15) is 37.9 Å². The Bertz CT molecular complexity index is 590. The number of aromatic nitrogens is 3. The Morgan fingerprint density at radius 2 is 2.10 bits per heavy atom. The van der Waals surface area contributed by atoms with E-state index in [0.717, 1.165) is 31.2 Å². The van der Waals surface area contributed by atoms with E-state index in [1.54, 1.807) is 25.4 Å². The van der Waals surface area contributed by atoms with Gasteiger partial charge >= 0.3 is 0 Å². The van der Waals surface area contributed by atoms with Crippen molar-refractivity contribution in [1.29, 1.82) is 0 Å². The van der Waals surface area contributed by atoms with Gasteiger partial charge in [-0.1, -0.05) is 24.4 Å². The standard InChI is InChI=1S/C14H18N4O2/c1-19-14(6-3-2-4-7-14)13-17-12(20-18-13)10-5-8-16-11(15)9-10/h5,8-9H,2-4,6-7H2,1H3,(H2,15,16). The number of methoxy groups -OCH3 is 1. The zero-order valence-corrected chi connectivity index (χ0v) is 11.5. The van der Waals surface area contributed by atoms with Crippen molar-refractivity contribution in [2.45, 2.75) is 37.7 Å². The molecule has 1 aliphatic carbocycles. The lowest BCUT2D eigenvalue weighted by Crippen LogP contribution is -2.32. The smallest absolute Gasteiger partial charge is 0.258 e. The molecule has 2 N–H and O–H groups in total. The predicted molar refractivity (Wildman–Crippen MR) is 73.7 cm³/mol. The Kier molecular flexibility index (Phi) is 3.40. The number of nitrogen functional groups attached to an aromatic ring is 1. The molecule has 0 unspecified atom stereocenters. The lowest BCUT2D eigenvalue weighted by molar-refractivity contribution is -0.0527. The molecule has 0 aromatic carbocycles. The number of nitrogens with two attached hydrogens (primary N) is 1. The fraction of sp³-hybridized carbons (Fsp3) is 0.500. The van der Waals surface area contributed by atoms with Crippen molar-refractivity contribution >= 4 is 5.82 Å². The van der Waals surface area contributed by atoms with Crippen LogP contribution < -0.4 is 5.73 Å². The summed E-state index contributed by atoms with van der Waals surface area (Å²) in [5.74, 6) is 1.52. The molecular formula is C14H18N4O2. The van der Waals surface area contributed by atoms with Gasteiger partial charge in [-0.3, -0.25) is 0 Å². The minimum atomic E-state index is -0.404. The maximum absolute atomic E-state index is 5.72. The van der Waals surface area contributed by atoms with Crippen LogP contribution in [0.2, 0.25) is 0 Å². The highest BCUT2D eigenvalue weighted by molar-refractivity contribution is 5.56. The second kappa shape index (κ2) is 5.20. The van der Waals surface area contributed by atoms with E-state index in [4.69, 9.17) is 15.0 Å². The van der Waals surface area contributed by atoms with Crippen LogP contribution in [0.4, 0.5) is 5.82 Å². The van der Waals surface area contributed by atoms with Crippen LogP contribution in [0.3, 0.4) is 0 Å². The van der Waals surface area contributed by atoms with Crippen LogP contribution in [0.5, 0.6) is 0 Å². The molecular weight excluding hydrogens is 256 g/mol. The molecule has 0 amide bonds. The summed E-state index contributed by atoms with van der Waals surface area (Å²) in [6.45, 7) is 0. The zero-order valence-electron chi connectivity index (χ0n) is 11.5. The molecule has 2 aromatic heterocycles. The molecule has 6 nitrogen and oxygen atoms in total. The average Bonchev–Trinajstić information content (AvgIpc) is 2.98. The van der Waals surface area contributed by atoms with Gasteiger partial charge in [0.2, 0.25) is 5.82 Å². The van der Waals surface area contributed by atoms with Crippen molar-refractivity contribution in [3.05, 3.63) is 24.2 Å². The molecule has 0 bridgehead atoms. The molecule has 6 heteroatoms. The number of hydrogen-bond acceptors (Lipinski definition) is 6. The number of hydrogen-bond donors (Lipinski definition) is 1. The van der Waals surface area contributed by atoms with E-state index >= 15 is 0 Å². The highest BCUT2D eigenvalue weighted by Gasteiger charge is 2.38. The summed E-state index contributed by atoms with van der Waals surface area (Å²) < 4.78 is 11.1. The predicted octanol–water partition coefficient (Wildman–Crippen LogP) is 2.52. The topological polar surface area (TPSA) is 87.1 Å². The lowest BCUT2D eigenvalue weighted by atomic mass is 9.84. The molecule has 0 aliphatic heterocycles. The first-order valence-corrected chi connectivity index (χ1v) is 6.85. The first kappa shape index (κ1) is 13.1. The van der Waals surface area contributed by atoms with Gasteiger partial charge in [0.1, 0.15) is 11.4 Å². The van der Waals surface area contributed by atoms with Crippen molar-refractivity contribution in [1.82, 2.24) is 15.1 Å². The maximum atomic E-state index is 5.72. The highest BCUT2D eigenvalue weighted by atomic mass is 16.5. The van der Waals surface area contributed by atoms with Gasteiger partial charge in [0.05, 0.1) is 0 Å². The number of nitrogens with zero attached hydrogens (tertiary/aromatic N) is 3. The summed E-state index contributed by atoms with van der Waals surface area (Å²) in [5, 5.41) is 4.12. The van der Waals surface area contributed by atoms with Crippen molar-refractivity contribution in [2.75, 3.05) is 12.8 Å². The Labute approximate surface area is 117 Å². The van der Waals surface area contributed by atoms with Crippen LogP contribution in [-0.4, -0.2) is 22.2 Å². The monoisotopic (exact) mass is 274 g/mol. The Hall–Kier alpha value is -1.95. The Balaban J connectivity index is 1.93. The molecule has 0 atom stereocenters. The van der Waals surface area contributed by atoms with Gasteiger partial charge in [-0.2, -0.15) is 4.98 Å². The van der Waals surface area contributed by atoms with Crippen LogP contribution in [-0.2, 0) is 10.3 Å². The second-order valence-electron chi connectivity index (χ2n) is 5.15. The molecule has 2 heterocycles. The van der Waals surface area contributed by atoms with E-state index in [2.05, 4.69) is 15.1 Å². The van der Waals surface area contributed by atoms with Crippen LogP contribution in [0, 0.1) is 0 Å². The summed E-state index contributed by atoms with van der Waals surface area (Å²) in [5.41, 5.74) is 6.04. The van der Waals surface area contributed by atoms with Gasteiger partial charge in [-0.05, 0) is 25.0 Å². The van der Waals surface area contributed by atoms with Gasteiger partial charge in [-0.25, -0.2) is 4.98 Å². The minimum absolute atomic E-state index is 0.404. The first-order chi connectivity index (χ1) is 9.73. The molecule has 0 radical (unpaired) electrons. The van der Waals surface area contributed by atoms with Gasteiger partial charge in [0, 0.05) is 18.9 Å². The third-order valence-corrected chi connectivity index (χ3v) is 3.91. The third kappa shape index (κ3) is 2.27.